The summed E-state index contributed by atoms with van der Waals surface area (Å²) in [6.45, 7) is 6.85. The molecule has 0 aliphatic heterocycles. The summed E-state index contributed by atoms with van der Waals surface area (Å²) >= 11 is 3.49. The van der Waals surface area contributed by atoms with Gasteiger partial charge in [0.1, 0.15) is 11.3 Å². The molecule has 2 aromatic rings. The van der Waals surface area contributed by atoms with Gasteiger partial charge in [-0.05, 0) is 38.0 Å². The molecule has 2 rings (SSSR count). The van der Waals surface area contributed by atoms with E-state index in [4.69, 9.17) is 0 Å². The van der Waals surface area contributed by atoms with Crippen molar-refractivity contribution in [3.63, 3.8) is 0 Å². The predicted molar refractivity (Wildman–Crippen MR) is 77.7 cm³/mol. The van der Waals surface area contributed by atoms with Gasteiger partial charge in [0.2, 0.25) is 0 Å². The van der Waals surface area contributed by atoms with E-state index in [2.05, 4.69) is 33.2 Å². The maximum Gasteiger partial charge on any atom is 0.149 e. The summed E-state index contributed by atoms with van der Waals surface area (Å²) in [5.41, 5.74) is 3.46. The second-order valence-electron chi connectivity index (χ2n) is 4.19. The number of hydrogen-bond donors (Lipinski definition) is 1. The molecule has 0 saturated heterocycles. The van der Waals surface area contributed by atoms with Crippen LogP contribution in [0.15, 0.2) is 16.6 Å². The maximum atomic E-state index is 13.9. The summed E-state index contributed by atoms with van der Waals surface area (Å²) in [5, 5.41) is 4.17. The topological polar surface area (TPSA) is 24.9 Å². The Morgan fingerprint density at radius 3 is 2.67 bits per heavy atom. The molecule has 0 atom stereocenters. The Morgan fingerprint density at radius 2 is 2.06 bits per heavy atom. The minimum absolute atomic E-state index is 0.280. The third-order valence-corrected chi connectivity index (χ3v) is 3.71. The van der Waals surface area contributed by atoms with Crippen molar-refractivity contribution < 1.29 is 4.39 Å². The van der Waals surface area contributed by atoms with Crippen LogP contribution >= 0.6 is 15.9 Å². The number of aromatic nitrogens is 1. The summed E-state index contributed by atoms with van der Waals surface area (Å²) in [7, 11) is 0. The Bertz CT molecular complexity index is 596. The van der Waals surface area contributed by atoms with Crippen molar-refractivity contribution in [1.82, 2.24) is 4.98 Å². The molecule has 4 heteroatoms. The first-order valence-corrected chi connectivity index (χ1v) is 6.90. The van der Waals surface area contributed by atoms with Crippen LogP contribution in [0.5, 0.6) is 0 Å². The highest BCUT2D eigenvalue weighted by Crippen LogP contribution is 2.35. The van der Waals surface area contributed by atoms with Crippen LogP contribution in [0, 0.1) is 12.7 Å². The molecule has 1 aromatic carbocycles. The lowest BCUT2D eigenvalue weighted by atomic mass is 10.0. The minimum atomic E-state index is -0.280. The number of halogens is 2. The molecule has 0 aliphatic rings. The Kier molecular flexibility index (Phi) is 3.85. The quantitative estimate of drug-likeness (QED) is 0.906. The maximum absolute atomic E-state index is 13.9. The number of fused-ring (bicyclic) bond motifs is 1. The molecule has 0 saturated carbocycles. The van der Waals surface area contributed by atoms with E-state index in [1.807, 2.05) is 13.8 Å². The summed E-state index contributed by atoms with van der Waals surface area (Å²) in [6, 6.07) is 3.18. The van der Waals surface area contributed by atoms with Crippen molar-refractivity contribution in [3.8, 4) is 0 Å². The molecule has 0 unspecified atom stereocenters. The van der Waals surface area contributed by atoms with E-state index in [9.17, 15) is 4.39 Å². The van der Waals surface area contributed by atoms with Crippen LogP contribution in [0.25, 0.3) is 10.9 Å². The lowest BCUT2D eigenvalue weighted by molar-refractivity contribution is 0.636. The van der Waals surface area contributed by atoms with Crippen molar-refractivity contribution in [3.05, 3.63) is 33.7 Å². The van der Waals surface area contributed by atoms with Gasteiger partial charge < -0.3 is 5.32 Å². The van der Waals surface area contributed by atoms with E-state index in [0.717, 1.165) is 39.8 Å². The van der Waals surface area contributed by atoms with E-state index < -0.39 is 0 Å². The van der Waals surface area contributed by atoms with Gasteiger partial charge >= 0.3 is 0 Å². The van der Waals surface area contributed by atoms with Gasteiger partial charge in [0.05, 0.1) is 0 Å². The molecule has 1 heterocycles. The molecule has 0 radical (unpaired) electrons. The molecule has 0 aliphatic carbocycles. The Hall–Kier alpha value is -1.16. The highest BCUT2D eigenvalue weighted by molar-refractivity contribution is 9.10. The van der Waals surface area contributed by atoms with Crippen LogP contribution in [-0.4, -0.2) is 11.5 Å². The zero-order valence-electron chi connectivity index (χ0n) is 10.8. The van der Waals surface area contributed by atoms with E-state index >= 15 is 0 Å². The first kappa shape index (κ1) is 13.3. The molecule has 96 valence electrons. The standard InChI is InChI=1S/C14H16BrFN2/c1-4-9-8(3)18-14-11(16)7-6-10(15)12(14)13(9)17-5-2/h6-7H,4-5H2,1-3H3,(H,17,18). The van der Waals surface area contributed by atoms with E-state index in [1.165, 1.54) is 6.07 Å². The second-order valence-corrected chi connectivity index (χ2v) is 5.04. The Labute approximate surface area is 115 Å². The highest BCUT2D eigenvalue weighted by atomic mass is 79.9. The number of benzene rings is 1. The fourth-order valence-corrected chi connectivity index (χ4v) is 2.78. The SMILES string of the molecule is CCNc1c(CC)c(C)nc2c(F)ccc(Br)c12. The predicted octanol–water partition coefficient (Wildman–Crippen LogP) is 4.44. The summed E-state index contributed by atoms with van der Waals surface area (Å²) in [5.74, 6) is -0.280. The Balaban J connectivity index is 2.91. The number of nitrogens with one attached hydrogen (secondary N) is 1. The fourth-order valence-electron chi connectivity index (χ4n) is 2.26. The number of nitrogens with zero attached hydrogens (tertiary/aromatic N) is 1. The lowest BCUT2D eigenvalue weighted by Crippen LogP contribution is -2.06. The normalized spacial score (nSPS) is 10.9. The van der Waals surface area contributed by atoms with Gasteiger partial charge in [0.25, 0.3) is 0 Å². The zero-order valence-corrected chi connectivity index (χ0v) is 12.4. The molecule has 0 fully saturated rings. The van der Waals surface area contributed by atoms with Crippen molar-refractivity contribution in [2.75, 3.05) is 11.9 Å². The smallest absolute Gasteiger partial charge is 0.149 e. The number of hydrogen-bond acceptors (Lipinski definition) is 2. The van der Waals surface area contributed by atoms with Crippen LogP contribution < -0.4 is 5.32 Å². The monoisotopic (exact) mass is 310 g/mol. The van der Waals surface area contributed by atoms with Crippen LogP contribution in [-0.2, 0) is 6.42 Å². The molecular weight excluding hydrogens is 295 g/mol. The first-order valence-electron chi connectivity index (χ1n) is 6.11. The van der Waals surface area contributed by atoms with Gasteiger partial charge in [-0.15, -0.1) is 0 Å². The van der Waals surface area contributed by atoms with Crippen molar-refractivity contribution in [1.29, 1.82) is 0 Å². The van der Waals surface area contributed by atoms with E-state index in [0.29, 0.717) is 5.52 Å². The molecule has 2 nitrogen and oxygen atoms in total. The summed E-state index contributed by atoms with van der Waals surface area (Å²) in [4.78, 5) is 4.40. The largest absolute Gasteiger partial charge is 0.384 e. The second kappa shape index (κ2) is 5.22. The lowest BCUT2D eigenvalue weighted by Gasteiger charge is -2.16. The molecule has 0 amide bonds. The third-order valence-electron chi connectivity index (χ3n) is 3.05. The molecule has 0 spiro atoms. The van der Waals surface area contributed by atoms with Gasteiger partial charge in [-0.2, -0.15) is 0 Å². The van der Waals surface area contributed by atoms with Gasteiger partial charge in [0, 0.05) is 27.8 Å². The zero-order chi connectivity index (χ0) is 13.3. The fraction of sp³-hybridized carbons (Fsp3) is 0.357. The number of rotatable bonds is 3. The average Bonchev–Trinajstić information content (AvgIpc) is 2.34. The van der Waals surface area contributed by atoms with Crippen LogP contribution in [0.1, 0.15) is 25.1 Å². The first-order chi connectivity index (χ1) is 8.60. The van der Waals surface area contributed by atoms with Crippen LogP contribution in [0.4, 0.5) is 10.1 Å². The summed E-state index contributed by atoms with van der Waals surface area (Å²) in [6.07, 6.45) is 0.875. The number of pyridine rings is 1. The third kappa shape index (κ3) is 2.09. The van der Waals surface area contributed by atoms with Crippen molar-refractivity contribution in [2.45, 2.75) is 27.2 Å². The molecule has 0 bridgehead atoms. The van der Waals surface area contributed by atoms with Crippen LogP contribution in [0.2, 0.25) is 0 Å². The van der Waals surface area contributed by atoms with Gasteiger partial charge in [-0.25, -0.2) is 9.37 Å². The number of anilines is 1. The van der Waals surface area contributed by atoms with E-state index in [-0.39, 0.29) is 5.82 Å². The molecule has 1 N–H and O–H groups in total. The van der Waals surface area contributed by atoms with E-state index in [1.54, 1.807) is 6.07 Å². The summed E-state index contributed by atoms with van der Waals surface area (Å²) < 4.78 is 14.8. The van der Waals surface area contributed by atoms with Crippen molar-refractivity contribution >= 4 is 32.5 Å². The highest BCUT2D eigenvalue weighted by Gasteiger charge is 2.15. The molecule has 1 aromatic heterocycles. The van der Waals surface area contributed by atoms with Gasteiger partial charge in [-0.1, -0.05) is 22.9 Å². The van der Waals surface area contributed by atoms with Crippen LogP contribution in [0.3, 0.4) is 0 Å². The van der Waals surface area contributed by atoms with Crippen molar-refractivity contribution in [2.24, 2.45) is 0 Å². The molecule has 18 heavy (non-hydrogen) atoms. The molecular formula is C14H16BrFN2. The van der Waals surface area contributed by atoms with Gasteiger partial charge in [0.15, 0.2) is 0 Å². The minimum Gasteiger partial charge on any atom is -0.384 e. The average molecular weight is 311 g/mol. The van der Waals surface area contributed by atoms with Gasteiger partial charge in [-0.3, -0.25) is 0 Å². The Morgan fingerprint density at radius 1 is 1.33 bits per heavy atom. The number of aryl methyl sites for hydroxylation is 1.